The van der Waals surface area contributed by atoms with Crippen molar-refractivity contribution in [2.75, 3.05) is 26.8 Å². The summed E-state index contributed by atoms with van der Waals surface area (Å²) in [7, 11) is 1.38. The van der Waals surface area contributed by atoms with Crippen LogP contribution in [0.5, 0.6) is 0 Å². The number of hydrogen-bond acceptors (Lipinski definition) is 5. The van der Waals surface area contributed by atoms with E-state index in [0.717, 1.165) is 31.6 Å². The molecule has 2 N–H and O–H groups in total. The van der Waals surface area contributed by atoms with E-state index < -0.39 is 0 Å². The van der Waals surface area contributed by atoms with Gasteiger partial charge in [-0.05, 0) is 12.5 Å². The summed E-state index contributed by atoms with van der Waals surface area (Å²) < 4.78 is 4.60. The minimum Gasteiger partial charge on any atom is -0.453 e. The van der Waals surface area contributed by atoms with Crippen molar-refractivity contribution in [2.24, 2.45) is 0 Å². The molecule has 1 fully saturated rings. The van der Waals surface area contributed by atoms with Crippen LogP contribution in [0.2, 0.25) is 0 Å². The molecule has 0 radical (unpaired) electrons. The average Bonchev–Trinajstić information content (AvgIpc) is 3.06. The van der Waals surface area contributed by atoms with E-state index >= 15 is 0 Å². The van der Waals surface area contributed by atoms with Gasteiger partial charge >= 0.3 is 6.09 Å². The zero-order valence-electron chi connectivity index (χ0n) is 11.4. The molecule has 0 saturated carbocycles. The van der Waals surface area contributed by atoms with Crippen LogP contribution in [0.15, 0.2) is 11.4 Å². The van der Waals surface area contributed by atoms with Gasteiger partial charge in [0, 0.05) is 41.5 Å². The summed E-state index contributed by atoms with van der Waals surface area (Å²) in [5, 5.41) is 13.5. The molecule has 5 nitrogen and oxygen atoms in total. The zero-order chi connectivity index (χ0) is 14.4. The largest absolute Gasteiger partial charge is 0.453 e. The Morgan fingerprint density at radius 2 is 2.55 bits per heavy atom. The highest BCUT2D eigenvalue weighted by molar-refractivity contribution is 7.10. The first kappa shape index (κ1) is 14.9. The monoisotopic (exact) mass is 294 g/mol. The Balaban J connectivity index is 1.83. The fourth-order valence-corrected chi connectivity index (χ4v) is 3.07. The van der Waals surface area contributed by atoms with E-state index in [1.807, 2.05) is 11.4 Å². The molecule has 0 spiro atoms. The molecule has 108 valence electrons. The quantitative estimate of drug-likeness (QED) is 0.817. The Labute approximate surface area is 122 Å². The molecular weight excluding hydrogens is 276 g/mol. The summed E-state index contributed by atoms with van der Waals surface area (Å²) in [5.41, 5.74) is 0.947. The van der Waals surface area contributed by atoms with Crippen LogP contribution in [-0.2, 0) is 11.3 Å². The molecular formula is C14H18N2O3S. The SMILES string of the molecule is COC(=O)NC1CCN(Cc2cc(C#CCO)cs2)C1. The van der Waals surface area contributed by atoms with Crippen molar-refractivity contribution in [1.82, 2.24) is 10.2 Å². The molecule has 6 heteroatoms. The van der Waals surface area contributed by atoms with Crippen LogP contribution in [0.3, 0.4) is 0 Å². The van der Waals surface area contributed by atoms with Crippen LogP contribution >= 0.6 is 11.3 Å². The lowest BCUT2D eigenvalue weighted by Gasteiger charge is -2.15. The molecule has 2 rings (SSSR count). The van der Waals surface area contributed by atoms with Crippen LogP contribution in [0.4, 0.5) is 4.79 Å². The third-order valence-electron chi connectivity index (χ3n) is 3.12. The van der Waals surface area contributed by atoms with Gasteiger partial charge in [-0.3, -0.25) is 4.90 Å². The molecule has 1 aromatic rings. The van der Waals surface area contributed by atoms with Crippen LogP contribution < -0.4 is 5.32 Å². The van der Waals surface area contributed by atoms with Gasteiger partial charge in [-0.1, -0.05) is 11.8 Å². The van der Waals surface area contributed by atoms with Crippen LogP contribution in [0, 0.1) is 11.8 Å². The Morgan fingerprint density at radius 3 is 3.30 bits per heavy atom. The van der Waals surface area contributed by atoms with Gasteiger partial charge in [-0.25, -0.2) is 4.79 Å². The summed E-state index contributed by atoms with van der Waals surface area (Å²) in [6.07, 6.45) is 0.576. The van der Waals surface area contributed by atoms with Crippen LogP contribution in [-0.4, -0.2) is 48.9 Å². The van der Waals surface area contributed by atoms with Gasteiger partial charge in [-0.2, -0.15) is 0 Å². The maximum absolute atomic E-state index is 11.2. The highest BCUT2D eigenvalue weighted by Gasteiger charge is 2.24. The number of likely N-dealkylation sites (tertiary alicyclic amines) is 1. The summed E-state index contributed by atoms with van der Waals surface area (Å²) in [4.78, 5) is 14.7. The van der Waals surface area contributed by atoms with E-state index in [2.05, 4.69) is 26.8 Å². The van der Waals surface area contributed by atoms with E-state index in [0.29, 0.717) is 0 Å². The molecule has 0 aliphatic carbocycles. The zero-order valence-corrected chi connectivity index (χ0v) is 12.2. The minimum atomic E-state index is -0.366. The van der Waals surface area contributed by atoms with Crippen molar-refractivity contribution in [2.45, 2.75) is 19.0 Å². The van der Waals surface area contributed by atoms with Crippen LogP contribution in [0.25, 0.3) is 0 Å². The van der Waals surface area contributed by atoms with E-state index in [1.54, 1.807) is 11.3 Å². The summed E-state index contributed by atoms with van der Waals surface area (Å²) >= 11 is 1.67. The topological polar surface area (TPSA) is 61.8 Å². The number of rotatable bonds is 3. The van der Waals surface area contributed by atoms with Gasteiger partial charge in [0.05, 0.1) is 7.11 Å². The molecule has 20 heavy (non-hydrogen) atoms. The number of carbonyl (C=O) groups is 1. The summed E-state index contributed by atoms with van der Waals surface area (Å²) in [6.45, 7) is 2.55. The maximum atomic E-state index is 11.2. The van der Waals surface area contributed by atoms with Gasteiger partial charge in [0.15, 0.2) is 0 Å². The standard InChI is InChI=1S/C14H18N2O3S/c1-19-14(18)15-12-4-5-16(8-12)9-13-7-11(10-20-13)3-2-6-17/h7,10,12,17H,4-6,8-9H2,1H3,(H,15,18). The van der Waals surface area contributed by atoms with E-state index in [9.17, 15) is 4.79 Å². The second-order valence-corrected chi connectivity index (χ2v) is 5.61. The van der Waals surface area contributed by atoms with Gasteiger partial charge in [0.1, 0.15) is 6.61 Å². The first-order chi connectivity index (χ1) is 9.71. The number of hydrogen-bond donors (Lipinski definition) is 2. The van der Waals surface area contributed by atoms with Crippen molar-refractivity contribution in [3.05, 3.63) is 21.9 Å². The first-order valence-corrected chi connectivity index (χ1v) is 7.33. The number of alkyl carbamates (subject to hydrolysis) is 1. The Bertz CT molecular complexity index is 518. The number of aliphatic hydroxyl groups is 1. The number of amides is 1. The molecule has 2 heterocycles. The fourth-order valence-electron chi connectivity index (χ4n) is 2.21. The molecule has 1 atom stereocenters. The third-order valence-corrected chi connectivity index (χ3v) is 4.05. The Morgan fingerprint density at radius 1 is 1.70 bits per heavy atom. The smallest absolute Gasteiger partial charge is 0.407 e. The highest BCUT2D eigenvalue weighted by atomic mass is 32.1. The minimum absolute atomic E-state index is 0.113. The second kappa shape index (κ2) is 7.29. The highest BCUT2D eigenvalue weighted by Crippen LogP contribution is 2.19. The van der Waals surface area contributed by atoms with Crippen molar-refractivity contribution < 1.29 is 14.6 Å². The number of ether oxygens (including phenoxy) is 1. The summed E-state index contributed by atoms with van der Waals surface area (Å²) in [5.74, 6) is 5.54. The third kappa shape index (κ3) is 4.23. The van der Waals surface area contributed by atoms with Gasteiger partial charge < -0.3 is 15.2 Å². The van der Waals surface area contributed by atoms with Gasteiger partial charge in [0.2, 0.25) is 0 Å². The number of thiophene rings is 1. The predicted octanol–water partition coefficient (Wildman–Crippen LogP) is 1.02. The lowest BCUT2D eigenvalue weighted by Crippen LogP contribution is -2.36. The first-order valence-electron chi connectivity index (χ1n) is 6.45. The van der Waals surface area contributed by atoms with Crippen molar-refractivity contribution >= 4 is 17.4 Å². The fraction of sp³-hybridized carbons (Fsp3) is 0.500. The number of aliphatic hydroxyl groups excluding tert-OH is 1. The van der Waals surface area contributed by atoms with Crippen molar-refractivity contribution in [3.8, 4) is 11.8 Å². The predicted molar refractivity (Wildman–Crippen MR) is 77.5 cm³/mol. The molecule has 0 aromatic carbocycles. The van der Waals surface area contributed by atoms with Gasteiger partial charge in [0.25, 0.3) is 0 Å². The summed E-state index contributed by atoms with van der Waals surface area (Å²) in [6, 6.07) is 2.21. The molecule has 1 unspecified atom stereocenters. The Kier molecular flexibility index (Phi) is 5.41. The lowest BCUT2D eigenvalue weighted by molar-refractivity contribution is 0.166. The Hall–Kier alpha value is -1.55. The number of nitrogens with zero attached hydrogens (tertiary/aromatic N) is 1. The van der Waals surface area contributed by atoms with Crippen molar-refractivity contribution in [3.63, 3.8) is 0 Å². The molecule has 1 aliphatic rings. The number of carbonyl (C=O) groups excluding carboxylic acids is 1. The molecule has 1 amide bonds. The van der Waals surface area contributed by atoms with E-state index in [-0.39, 0.29) is 18.7 Å². The van der Waals surface area contributed by atoms with E-state index in [1.165, 1.54) is 12.0 Å². The molecule has 1 aliphatic heterocycles. The van der Waals surface area contributed by atoms with Crippen molar-refractivity contribution in [1.29, 1.82) is 0 Å². The lowest BCUT2D eigenvalue weighted by atomic mass is 10.3. The number of nitrogens with one attached hydrogen (secondary N) is 1. The molecule has 0 bridgehead atoms. The maximum Gasteiger partial charge on any atom is 0.407 e. The average molecular weight is 294 g/mol. The van der Waals surface area contributed by atoms with Crippen LogP contribution in [0.1, 0.15) is 16.9 Å². The second-order valence-electron chi connectivity index (χ2n) is 4.62. The molecule has 1 aromatic heterocycles. The molecule has 1 saturated heterocycles. The van der Waals surface area contributed by atoms with Gasteiger partial charge in [-0.15, -0.1) is 11.3 Å². The normalized spacial score (nSPS) is 18.4. The van der Waals surface area contributed by atoms with E-state index in [4.69, 9.17) is 5.11 Å². The number of methoxy groups -OCH3 is 1.